The highest BCUT2D eigenvalue weighted by atomic mass is 16.5. The molecule has 0 bridgehead atoms. The zero-order valence-corrected chi connectivity index (χ0v) is 43.9. The average Bonchev–Trinajstić information content (AvgIpc) is 3.85. The van der Waals surface area contributed by atoms with Crippen LogP contribution in [0.4, 0.5) is 0 Å². The molecule has 14 heteroatoms. The van der Waals surface area contributed by atoms with Crippen LogP contribution in [0, 0.1) is 99.8 Å². The summed E-state index contributed by atoms with van der Waals surface area (Å²) < 4.78 is 20.7. The molecular formula is C50H88N10O4. The molecule has 0 N–H and O–H groups in total. The molecule has 6 heterocycles. The molecule has 2 atom stereocenters. The molecule has 0 spiro atoms. The Bertz CT molecular complexity index is 1590. The van der Waals surface area contributed by atoms with E-state index in [1.54, 1.807) is 38.6 Å². The number of piperidine rings is 1. The minimum Gasteiger partial charge on any atom is -0.449 e. The highest BCUT2D eigenvalue weighted by Gasteiger charge is 2.26. The molecular weight excluding hydrogens is 805 g/mol. The van der Waals surface area contributed by atoms with E-state index in [0.29, 0.717) is 23.5 Å². The molecule has 14 nitrogen and oxygen atoms in total. The van der Waals surface area contributed by atoms with E-state index in [2.05, 4.69) is 151 Å². The number of benzene rings is 1. The van der Waals surface area contributed by atoms with Crippen LogP contribution >= 0.6 is 0 Å². The summed E-state index contributed by atoms with van der Waals surface area (Å²) in [5, 5.41) is 21.8. The van der Waals surface area contributed by atoms with Crippen LogP contribution in [0.1, 0.15) is 151 Å². The molecule has 1 saturated carbocycles. The fourth-order valence-electron chi connectivity index (χ4n) is 4.50. The van der Waals surface area contributed by atoms with Gasteiger partial charge in [0.2, 0.25) is 17.7 Å². The smallest absolute Gasteiger partial charge is 0.223 e. The summed E-state index contributed by atoms with van der Waals surface area (Å²) in [7, 11) is 4.05. The van der Waals surface area contributed by atoms with Gasteiger partial charge in [0.15, 0.2) is 11.7 Å². The molecule has 1 aliphatic carbocycles. The lowest BCUT2D eigenvalue weighted by Gasteiger charge is -2.26. The Morgan fingerprint density at radius 1 is 0.625 bits per heavy atom. The number of nitrogens with zero attached hydrogens (tertiary/aromatic N) is 10. The fourth-order valence-corrected chi connectivity index (χ4v) is 4.50. The molecule has 362 valence electrons. The van der Waals surface area contributed by atoms with Crippen LogP contribution in [0.15, 0.2) is 60.7 Å². The molecule has 1 aromatic carbocycles. The maximum atomic E-state index is 4.86. The van der Waals surface area contributed by atoms with Crippen molar-refractivity contribution in [2.75, 3.05) is 20.1 Å². The summed E-state index contributed by atoms with van der Waals surface area (Å²) in [5.41, 5.74) is 5.50. The van der Waals surface area contributed by atoms with Gasteiger partial charge in [0.1, 0.15) is 12.0 Å². The van der Waals surface area contributed by atoms with Gasteiger partial charge in [0, 0.05) is 47.0 Å². The van der Waals surface area contributed by atoms with E-state index in [1.807, 2.05) is 53.9 Å². The van der Waals surface area contributed by atoms with Crippen molar-refractivity contribution < 1.29 is 17.9 Å². The largest absolute Gasteiger partial charge is 0.449 e. The van der Waals surface area contributed by atoms with E-state index in [1.165, 1.54) is 56.3 Å². The van der Waals surface area contributed by atoms with Crippen molar-refractivity contribution in [3.63, 3.8) is 0 Å². The zero-order chi connectivity index (χ0) is 49.2. The van der Waals surface area contributed by atoms with Crippen LogP contribution in [0.3, 0.4) is 0 Å². The van der Waals surface area contributed by atoms with E-state index in [4.69, 9.17) is 13.4 Å². The highest BCUT2D eigenvalue weighted by molar-refractivity contribution is 5.19. The van der Waals surface area contributed by atoms with Crippen LogP contribution in [-0.4, -0.2) is 70.5 Å². The van der Waals surface area contributed by atoms with Gasteiger partial charge in [-0.2, -0.15) is 4.98 Å². The van der Waals surface area contributed by atoms with E-state index in [0.717, 1.165) is 52.4 Å². The Balaban J connectivity index is 0. The molecule has 6 aromatic rings. The average molecular weight is 893 g/mol. The van der Waals surface area contributed by atoms with Gasteiger partial charge in [-0.25, -0.2) is 4.98 Å². The summed E-state index contributed by atoms with van der Waals surface area (Å²) >= 11 is 0. The summed E-state index contributed by atoms with van der Waals surface area (Å²) in [4.78, 5) is 10.2. The van der Waals surface area contributed by atoms with Crippen LogP contribution in [0.25, 0.3) is 0 Å². The first-order chi connectivity index (χ1) is 30.0. The van der Waals surface area contributed by atoms with Crippen LogP contribution in [0.5, 0.6) is 0 Å². The Kier molecular flexibility index (Phi) is 34.7. The Labute approximate surface area is 387 Å². The minimum absolute atomic E-state index is 0.623. The minimum atomic E-state index is 0.623. The first kappa shape index (κ1) is 61.1. The number of hydrogen-bond acceptors (Lipinski definition) is 13. The van der Waals surface area contributed by atoms with Crippen molar-refractivity contribution in [2.45, 2.75) is 164 Å². The summed E-state index contributed by atoms with van der Waals surface area (Å²) in [6.45, 7) is 41.1. The molecule has 2 fully saturated rings. The van der Waals surface area contributed by atoms with E-state index in [-0.39, 0.29) is 0 Å². The van der Waals surface area contributed by atoms with Crippen molar-refractivity contribution in [1.29, 1.82) is 0 Å². The lowest BCUT2D eigenvalue weighted by Crippen LogP contribution is -2.28. The van der Waals surface area contributed by atoms with Crippen molar-refractivity contribution in [1.82, 2.24) is 50.4 Å². The second kappa shape index (κ2) is 36.4. The number of hydrogen-bond donors (Lipinski definition) is 0. The standard InChI is InChI=1S/C8H10.C7H15N.2C5H7NO.C5H10.C4H7N3.2C4H6N2O.2C4H10/c2*1-7-3-5-8(2)6-4-7;1-4-3-7-5(2)6-4;1-4-3-5(2)7-6-4;1-4-3-5(4)2;1-4-3-7(2)6-5-4;1-3-5-6-4(2)7-3;1-3-5-4(2)7-6-3;1-4(2)3;1-3-4-2/h3-6H,1-2H3;7H,3-6H2,1-2H3;2*3H,1-2H3;4-5H,3H2,1-2H3;3H,1-2H3;2*1-2H3;4H,1-3H3;3-4H2,1-2H3/t;;;;4-,5?;;;;;/m....0...../s1. The van der Waals surface area contributed by atoms with Gasteiger partial charge in [-0.1, -0.05) is 119 Å². The van der Waals surface area contributed by atoms with Gasteiger partial charge in [-0.15, -0.1) is 15.3 Å². The van der Waals surface area contributed by atoms with Crippen LogP contribution < -0.4 is 0 Å². The number of rotatable bonds is 1. The first-order valence-corrected chi connectivity index (χ1v) is 22.8. The molecule has 64 heavy (non-hydrogen) atoms. The SMILES string of the molecule is CC(C)C.CC1CCN(C)CC1.CC1C[C@@H]1C.CCCC.Cc1cc(C)on1.Cc1ccc(C)cc1.Cc1cn(C)nn1.Cc1coc(C)n1.Cc1nnc(C)o1.Cc1noc(C)n1. The lowest BCUT2D eigenvalue weighted by atomic mass is 10.00. The molecule has 1 aliphatic heterocycles. The van der Waals surface area contributed by atoms with Crippen molar-refractivity contribution >= 4 is 0 Å². The number of aromatic nitrogens is 9. The van der Waals surface area contributed by atoms with Crippen LogP contribution in [0.2, 0.25) is 0 Å². The Hall–Kier alpha value is -4.98. The number of unbranched alkanes of at least 4 members (excludes halogenated alkanes) is 1. The maximum absolute atomic E-state index is 4.86. The normalized spacial score (nSPS) is 14.5. The Morgan fingerprint density at radius 3 is 1.27 bits per heavy atom. The Morgan fingerprint density at radius 2 is 1.11 bits per heavy atom. The third-order valence-electron chi connectivity index (χ3n) is 8.69. The van der Waals surface area contributed by atoms with Gasteiger partial charge in [0.25, 0.3) is 0 Å². The van der Waals surface area contributed by atoms with E-state index < -0.39 is 0 Å². The van der Waals surface area contributed by atoms with Crippen molar-refractivity contribution in [3.05, 3.63) is 106 Å². The monoisotopic (exact) mass is 893 g/mol. The van der Waals surface area contributed by atoms with Crippen molar-refractivity contribution in [2.24, 2.45) is 30.7 Å². The topological polar surface area (TPSA) is 164 Å². The van der Waals surface area contributed by atoms with Gasteiger partial charge >= 0.3 is 0 Å². The van der Waals surface area contributed by atoms with Gasteiger partial charge in [-0.05, 0) is 112 Å². The lowest BCUT2D eigenvalue weighted by molar-refractivity contribution is 0.230. The molecule has 5 aromatic heterocycles. The van der Waals surface area contributed by atoms with Crippen LogP contribution in [-0.2, 0) is 7.05 Å². The fraction of sp³-hybridized carbons (Fsp3) is 0.640. The third kappa shape index (κ3) is 39.8. The number of oxazole rings is 1. The summed E-state index contributed by atoms with van der Waals surface area (Å²) in [5.74, 6) is 8.08. The number of likely N-dealkylation sites (tertiary alicyclic amines) is 1. The molecule has 0 radical (unpaired) electrons. The summed E-state index contributed by atoms with van der Waals surface area (Å²) in [6, 6.07) is 10.4. The van der Waals surface area contributed by atoms with Crippen molar-refractivity contribution in [3.8, 4) is 0 Å². The predicted octanol–water partition coefficient (Wildman–Crippen LogP) is 12.9. The first-order valence-electron chi connectivity index (χ1n) is 22.8. The zero-order valence-electron chi connectivity index (χ0n) is 43.9. The number of aryl methyl sites for hydroxylation is 12. The molecule has 8 rings (SSSR count). The quantitative estimate of drug-likeness (QED) is 0.153. The molecule has 0 amide bonds. The maximum Gasteiger partial charge on any atom is 0.223 e. The molecule has 1 saturated heterocycles. The van der Waals surface area contributed by atoms with E-state index >= 15 is 0 Å². The van der Waals surface area contributed by atoms with E-state index in [9.17, 15) is 0 Å². The molecule has 2 aliphatic rings. The highest BCUT2D eigenvalue weighted by Crippen LogP contribution is 2.36. The summed E-state index contributed by atoms with van der Waals surface area (Å²) in [6.07, 6.45) is 10.4. The van der Waals surface area contributed by atoms with Gasteiger partial charge in [0.05, 0.1) is 17.1 Å². The van der Waals surface area contributed by atoms with Gasteiger partial charge in [-0.3, -0.25) is 4.68 Å². The second-order valence-corrected chi connectivity index (χ2v) is 17.4. The van der Waals surface area contributed by atoms with Gasteiger partial charge < -0.3 is 22.8 Å². The predicted molar refractivity (Wildman–Crippen MR) is 261 cm³/mol. The third-order valence-corrected chi connectivity index (χ3v) is 8.69. The second-order valence-electron chi connectivity index (χ2n) is 17.4. The molecule has 1 unspecified atom stereocenters.